The predicted octanol–water partition coefficient (Wildman–Crippen LogP) is 2.72. The van der Waals surface area contributed by atoms with Gasteiger partial charge in [0.25, 0.3) is 5.91 Å². The molecule has 2 aromatic rings. The van der Waals surface area contributed by atoms with Crippen molar-refractivity contribution in [3.63, 3.8) is 0 Å². The molecule has 0 atom stereocenters. The molecule has 0 fully saturated rings. The zero-order valence-corrected chi connectivity index (χ0v) is 12.6. The summed E-state index contributed by atoms with van der Waals surface area (Å²) in [6, 6.07) is 9.13. The van der Waals surface area contributed by atoms with E-state index >= 15 is 0 Å². The van der Waals surface area contributed by atoms with E-state index in [2.05, 4.69) is 12.0 Å². The molecule has 0 radical (unpaired) electrons. The van der Waals surface area contributed by atoms with Crippen molar-refractivity contribution in [3.05, 3.63) is 42.2 Å². The molecule has 1 amide bonds. The van der Waals surface area contributed by atoms with Crippen LogP contribution in [0.4, 0.5) is 5.69 Å². The van der Waals surface area contributed by atoms with Crippen molar-refractivity contribution in [2.45, 2.75) is 26.2 Å². The fourth-order valence-corrected chi connectivity index (χ4v) is 2.10. The summed E-state index contributed by atoms with van der Waals surface area (Å²) in [6.07, 6.45) is 5.10. The molecule has 0 spiro atoms. The Labute approximate surface area is 125 Å². The fourth-order valence-electron chi connectivity index (χ4n) is 2.10. The van der Waals surface area contributed by atoms with Gasteiger partial charge in [0.1, 0.15) is 0 Å². The standard InChI is InChI=1S/C16H22N4O/c1-3-4-5-11-19(2)16(21)15-10-12-20(18-15)14-8-6-13(17)7-9-14/h6-10,12H,3-5,11,17H2,1-2H3. The SMILES string of the molecule is CCCCCN(C)C(=O)c1ccn(-c2ccc(N)cc2)n1. The van der Waals surface area contributed by atoms with Crippen LogP contribution in [0.3, 0.4) is 0 Å². The third kappa shape index (κ3) is 3.84. The fraction of sp³-hybridized carbons (Fsp3) is 0.375. The highest BCUT2D eigenvalue weighted by atomic mass is 16.2. The van der Waals surface area contributed by atoms with Gasteiger partial charge < -0.3 is 10.6 Å². The van der Waals surface area contributed by atoms with Crippen LogP contribution in [0.15, 0.2) is 36.5 Å². The number of nitrogens with zero attached hydrogens (tertiary/aromatic N) is 3. The number of aromatic nitrogens is 2. The van der Waals surface area contributed by atoms with Crippen molar-refractivity contribution >= 4 is 11.6 Å². The lowest BCUT2D eigenvalue weighted by atomic mass is 10.2. The Morgan fingerprint density at radius 3 is 2.62 bits per heavy atom. The van der Waals surface area contributed by atoms with E-state index in [9.17, 15) is 4.79 Å². The van der Waals surface area contributed by atoms with Crippen molar-refractivity contribution < 1.29 is 4.79 Å². The van der Waals surface area contributed by atoms with Gasteiger partial charge in [-0.2, -0.15) is 5.10 Å². The monoisotopic (exact) mass is 286 g/mol. The molecule has 1 heterocycles. The first-order valence-corrected chi connectivity index (χ1v) is 7.29. The Bertz CT molecular complexity index is 589. The number of nitrogens with two attached hydrogens (primary N) is 1. The van der Waals surface area contributed by atoms with E-state index < -0.39 is 0 Å². The molecule has 5 heteroatoms. The van der Waals surface area contributed by atoms with Gasteiger partial charge in [-0.25, -0.2) is 4.68 Å². The van der Waals surface area contributed by atoms with Crippen LogP contribution < -0.4 is 5.73 Å². The molecule has 0 aliphatic rings. The Balaban J connectivity index is 2.05. The maximum atomic E-state index is 12.3. The summed E-state index contributed by atoms with van der Waals surface area (Å²) in [7, 11) is 1.82. The van der Waals surface area contributed by atoms with E-state index in [0.29, 0.717) is 11.4 Å². The summed E-state index contributed by atoms with van der Waals surface area (Å²) in [5, 5.41) is 4.34. The number of benzene rings is 1. The van der Waals surface area contributed by atoms with Crippen LogP contribution in [-0.2, 0) is 0 Å². The number of unbranched alkanes of at least 4 members (excludes halogenated alkanes) is 2. The highest BCUT2D eigenvalue weighted by Crippen LogP contribution is 2.11. The van der Waals surface area contributed by atoms with Gasteiger partial charge >= 0.3 is 0 Å². The molecule has 21 heavy (non-hydrogen) atoms. The quantitative estimate of drug-likeness (QED) is 0.656. The smallest absolute Gasteiger partial charge is 0.274 e. The largest absolute Gasteiger partial charge is 0.399 e. The van der Waals surface area contributed by atoms with Crippen molar-refractivity contribution in [1.29, 1.82) is 0 Å². The Morgan fingerprint density at radius 2 is 1.95 bits per heavy atom. The Morgan fingerprint density at radius 1 is 1.24 bits per heavy atom. The number of rotatable bonds is 6. The molecule has 2 N–H and O–H groups in total. The predicted molar refractivity (Wildman–Crippen MR) is 84.5 cm³/mol. The van der Waals surface area contributed by atoms with Crippen LogP contribution in [0.2, 0.25) is 0 Å². The number of anilines is 1. The number of carbonyl (C=O) groups is 1. The van der Waals surface area contributed by atoms with Gasteiger partial charge in [-0.05, 0) is 36.8 Å². The molecular weight excluding hydrogens is 264 g/mol. The topological polar surface area (TPSA) is 64.2 Å². The number of hydrogen-bond acceptors (Lipinski definition) is 3. The second-order valence-electron chi connectivity index (χ2n) is 5.17. The zero-order valence-electron chi connectivity index (χ0n) is 12.6. The van der Waals surface area contributed by atoms with Gasteiger partial charge in [0.05, 0.1) is 5.69 Å². The summed E-state index contributed by atoms with van der Waals surface area (Å²) in [6.45, 7) is 2.91. The minimum atomic E-state index is -0.0414. The number of nitrogen functional groups attached to an aromatic ring is 1. The van der Waals surface area contributed by atoms with Crippen LogP contribution in [0, 0.1) is 0 Å². The third-order valence-electron chi connectivity index (χ3n) is 3.41. The Hall–Kier alpha value is -2.30. The van der Waals surface area contributed by atoms with Crippen LogP contribution in [0.1, 0.15) is 36.7 Å². The van der Waals surface area contributed by atoms with Crippen molar-refractivity contribution in [1.82, 2.24) is 14.7 Å². The molecule has 5 nitrogen and oxygen atoms in total. The lowest BCUT2D eigenvalue weighted by Gasteiger charge is -2.15. The molecule has 0 unspecified atom stereocenters. The van der Waals surface area contributed by atoms with Gasteiger partial charge in [-0.1, -0.05) is 19.8 Å². The van der Waals surface area contributed by atoms with Gasteiger partial charge in [-0.3, -0.25) is 4.79 Å². The normalized spacial score (nSPS) is 10.6. The maximum absolute atomic E-state index is 12.3. The van der Waals surface area contributed by atoms with E-state index in [0.717, 1.165) is 31.5 Å². The second kappa shape index (κ2) is 6.92. The molecule has 0 aliphatic carbocycles. The molecule has 0 aliphatic heterocycles. The van der Waals surface area contributed by atoms with E-state index in [1.165, 1.54) is 0 Å². The summed E-state index contributed by atoms with van der Waals surface area (Å²) < 4.78 is 1.69. The third-order valence-corrected chi connectivity index (χ3v) is 3.41. The highest BCUT2D eigenvalue weighted by Gasteiger charge is 2.14. The lowest BCUT2D eigenvalue weighted by Crippen LogP contribution is -2.28. The van der Waals surface area contributed by atoms with Crippen LogP contribution in [0.5, 0.6) is 0 Å². The average molecular weight is 286 g/mol. The zero-order chi connectivity index (χ0) is 15.2. The van der Waals surface area contributed by atoms with E-state index in [-0.39, 0.29) is 5.91 Å². The average Bonchev–Trinajstić information content (AvgIpc) is 2.97. The number of carbonyl (C=O) groups excluding carboxylic acids is 1. The molecule has 0 saturated carbocycles. The van der Waals surface area contributed by atoms with E-state index in [4.69, 9.17) is 5.73 Å². The van der Waals surface area contributed by atoms with Crippen molar-refractivity contribution in [2.24, 2.45) is 0 Å². The maximum Gasteiger partial charge on any atom is 0.274 e. The van der Waals surface area contributed by atoms with E-state index in [1.807, 2.05) is 31.3 Å². The minimum Gasteiger partial charge on any atom is -0.399 e. The summed E-state index contributed by atoms with van der Waals surface area (Å²) >= 11 is 0. The lowest BCUT2D eigenvalue weighted by molar-refractivity contribution is 0.0786. The molecular formula is C16H22N4O. The Kier molecular flexibility index (Phi) is 4.98. The molecule has 2 rings (SSSR count). The second-order valence-corrected chi connectivity index (χ2v) is 5.17. The molecule has 0 bridgehead atoms. The first kappa shape index (κ1) is 15.1. The molecule has 0 saturated heterocycles. The first-order valence-electron chi connectivity index (χ1n) is 7.29. The van der Waals surface area contributed by atoms with Crippen molar-refractivity contribution in [3.8, 4) is 5.69 Å². The molecule has 112 valence electrons. The summed E-state index contributed by atoms with van der Waals surface area (Å²) in [4.78, 5) is 14.0. The van der Waals surface area contributed by atoms with Crippen LogP contribution in [0.25, 0.3) is 5.69 Å². The number of amides is 1. The highest BCUT2D eigenvalue weighted by molar-refractivity contribution is 5.92. The van der Waals surface area contributed by atoms with E-state index in [1.54, 1.807) is 21.8 Å². The summed E-state index contributed by atoms with van der Waals surface area (Å²) in [5.41, 5.74) is 7.72. The van der Waals surface area contributed by atoms with Gasteiger partial charge in [0.2, 0.25) is 0 Å². The van der Waals surface area contributed by atoms with Gasteiger partial charge in [0, 0.05) is 25.5 Å². The first-order chi connectivity index (χ1) is 10.1. The van der Waals surface area contributed by atoms with Crippen LogP contribution >= 0.6 is 0 Å². The number of hydrogen-bond donors (Lipinski definition) is 1. The minimum absolute atomic E-state index is 0.0414. The molecule has 1 aromatic carbocycles. The van der Waals surface area contributed by atoms with Crippen molar-refractivity contribution in [2.75, 3.05) is 19.3 Å². The van der Waals surface area contributed by atoms with Gasteiger partial charge in [-0.15, -0.1) is 0 Å². The van der Waals surface area contributed by atoms with Gasteiger partial charge in [0.15, 0.2) is 5.69 Å². The molecule has 1 aromatic heterocycles. The van der Waals surface area contributed by atoms with Crippen LogP contribution in [-0.4, -0.2) is 34.2 Å². The summed E-state index contributed by atoms with van der Waals surface area (Å²) in [5.74, 6) is -0.0414.